The Kier molecular flexibility index (Phi) is 3.51. The van der Waals surface area contributed by atoms with E-state index in [1.807, 2.05) is 37.1 Å². The highest BCUT2D eigenvalue weighted by Gasteiger charge is 2.07. The first-order valence-corrected chi connectivity index (χ1v) is 4.48. The molecule has 0 aromatic heterocycles. The summed E-state index contributed by atoms with van der Waals surface area (Å²) in [6, 6.07) is 5.89. The van der Waals surface area contributed by atoms with E-state index in [1.165, 1.54) is 0 Å². The highest BCUT2D eigenvalue weighted by Crippen LogP contribution is 2.27. The number of anilines is 1. The van der Waals surface area contributed by atoms with Crippen LogP contribution in [0.3, 0.4) is 0 Å². The minimum Gasteiger partial charge on any atom is -0.495 e. The fourth-order valence-corrected chi connectivity index (χ4v) is 1.31. The molecule has 3 heteroatoms. The predicted molar refractivity (Wildman–Crippen MR) is 57.1 cm³/mol. The Morgan fingerprint density at radius 3 is 2.79 bits per heavy atom. The molecule has 0 fully saturated rings. The first-order chi connectivity index (χ1) is 6.69. The molecule has 3 nitrogen and oxygen atoms in total. The van der Waals surface area contributed by atoms with Gasteiger partial charge < -0.3 is 14.4 Å². The molecular weight excluding hydrogens is 178 g/mol. The molecule has 1 aromatic rings. The molecule has 0 unspecified atom stereocenters. The van der Waals surface area contributed by atoms with Crippen LogP contribution in [0.2, 0.25) is 0 Å². The molecule has 0 spiro atoms. The van der Waals surface area contributed by atoms with Gasteiger partial charge in [0.2, 0.25) is 0 Å². The predicted octanol–water partition coefficient (Wildman–Crippen LogP) is 1.64. The summed E-state index contributed by atoms with van der Waals surface area (Å²) in [5.74, 6) is 0.792. The first kappa shape index (κ1) is 10.6. The van der Waals surface area contributed by atoms with Gasteiger partial charge in [-0.1, -0.05) is 6.07 Å². The quantitative estimate of drug-likeness (QED) is 0.681. The number of likely N-dealkylation sites (N-methyl/N-ethyl adjacent to an activating group) is 1. The zero-order valence-electron chi connectivity index (χ0n) is 8.78. The van der Waals surface area contributed by atoms with Gasteiger partial charge in [0.25, 0.3) is 0 Å². The SMILES string of the molecule is COc1ccc(C)cc1N(C)CC=O. The van der Waals surface area contributed by atoms with E-state index in [4.69, 9.17) is 4.74 Å². The fourth-order valence-electron chi connectivity index (χ4n) is 1.31. The first-order valence-electron chi connectivity index (χ1n) is 4.48. The van der Waals surface area contributed by atoms with Crippen LogP contribution < -0.4 is 9.64 Å². The molecule has 1 aromatic carbocycles. The lowest BCUT2D eigenvalue weighted by Gasteiger charge is -2.19. The van der Waals surface area contributed by atoms with Crippen molar-refractivity contribution in [2.24, 2.45) is 0 Å². The summed E-state index contributed by atoms with van der Waals surface area (Å²) < 4.78 is 5.21. The molecule has 0 amide bonds. The van der Waals surface area contributed by atoms with Crippen molar-refractivity contribution in [3.8, 4) is 5.75 Å². The van der Waals surface area contributed by atoms with Crippen LogP contribution in [0, 0.1) is 6.92 Å². The largest absolute Gasteiger partial charge is 0.495 e. The summed E-state index contributed by atoms with van der Waals surface area (Å²) in [6.45, 7) is 2.39. The van der Waals surface area contributed by atoms with Crippen molar-refractivity contribution in [3.63, 3.8) is 0 Å². The average Bonchev–Trinajstić information content (AvgIpc) is 2.18. The summed E-state index contributed by atoms with van der Waals surface area (Å²) in [4.78, 5) is 12.3. The molecule has 0 N–H and O–H groups in total. The molecule has 0 saturated heterocycles. The van der Waals surface area contributed by atoms with Crippen LogP contribution in [-0.2, 0) is 4.79 Å². The van der Waals surface area contributed by atoms with E-state index in [9.17, 15) is 4.79 Å². The van der Waals surface area contributed by atoms with Crippen molar-refractivity contribution < 1.29 is 9.53 Å². The number of rotatable bonds is 4. The van der Waals surface area contributed by atoms with Crippen molar-refractivity contribution in [3.05, 3.63) is 23.8 Å². The normalized spacial score (nSPS) is 9.64. The van der Waals surface area contributed by atoms with Crippen LogP contribution in [0.1, 0.15) is 5.56 Å². The van der Waals surface area contributed by atoms with Gasteiger partial charge in [-0.05, 0) is 24.6 Å². The van der Waals surface area contributed by atoms with E-state index in [1.54, 1.807) is 7.11 Å². The molecule has 1 rings (SSSR count). The molecule has 76 valence electrons. The van der Waals surface area contributed by atoms with Crippen molar-refractivity contribution in [2.45, 2.75) is 6.92 Å². The Morgan fingerprint density at radius 1 is 1.50 bits per heavy atom. The van der Waals surface area contributed by atoms with E-state index in [2.05, 4.69) is 0 Å². The zero-order valence-corrected chi connectivity index (χ0v) is 8.78. The summed E-state index contributed by atoms with van der Waals surface area (Å²) in [5, 5.41) is 0. The molecular formula is C11H15NO2. The number of hydrogen-bond acceptors (Lipinski definition) is 3. The van der Waals surface area contributed by atoms with Crippen molar-refractivity contribution in [1.29, 1.82) is 0 Å². The lowest BCUT2D eigenvalue weighted by Crippen LogP contribution is -2.20. The molecule has 14 heavy (non-hydrogen) atoms. The van der Waals surface area contributed by atoms with Gasteiger partial charge in [-0.3, -0.25) is 0 Å². The van der Waals surface area contributed by atoms with E-state index < -0.39 is 0 Å². The Bertz CT molecular complexity index is 323. The Hall–Kier alpha value is -1.51. The average molecular weight is 193 g/mol. The van der Waals surface area contributed by atoms with Gasteiger partial charge >= 0.3 is 0 Å². The number of benzene rings is 1. The topological polar surface area (TPSA) is 29.5 Å². The van der Waals surface area contributed by atoms with Crippen molar-refractivity contribution >= 4 is 12.0 Å². The molecule has 0 bridgehead atoms. The lowest BCUT2D eigenvalue weighted by molar-refractivity contribution is -0.106. The maximum Gasteiger partial charge on any atom is 0.142 e. The van der Waals surface area contributed by atoms with Crippen molar-refractivity contribution in [2.75, 3.05) is 25.6 Å². The molecule has 0 saturated carbocycles. The summed E-state index contributed by atoms with van der Waals surface area (Å²) in [7, 11) is 3.49. The Morgan fingerprint density at radius 2 is 2.21 bits per heavy atom. The molecule has 0 heterocycles. The summed E-state index contributed by atoms with van der Waals surface area (Å²) in [5.41, 5.74) is 2.10. The van der Waals surface area contributed by atoms with E-state index in [0.717, 1.165) is 23.3 Å². The monoisotopic (exact) mass is 193 g/mol. The number of carbonyl (C=O) groups is 1. The third kappa shape index (κ3) is 2.25. The molecule has 0 aliphatic heterocycles. The second-order valence-electron chi connectivity index (χ2n) is 3.22. The van der Waals surface area contributed by atoms with Crippen LogP contribution in [0.5, 0.6) is 5.75 Å². The Labute approximate surface area is 84.3 Å². The van der Waals surface area contributed by atoms with E-state index >= 15 is 0 Å². The number of ether oxygens (including phenoxy) is 1. The maximum absolute atomic E-state index is 10.4. The van der Waals surface area contributed by atoms with Gasteiger partial charge in [0.1, 0.15) is 12.0 Å². The smallest absolute Gasteiger partial charge is 0.142 e. The van der Waals surface area contributed by atoms with Gasteiger partial charge in [0.05, 0.1) is 19.3 Å². The maximum atomic E-state index is 10.4. The second kappa shape index (κ2) is 4.65. The van der Waals surface area contributed by atoms with Crippen LogP contribution in [0.4, 0.5) is 5.69 Å². The van der Waals surface area contributed by atoms with Crippen LogP contribution >= 0.6 is 0 Å². The standard InChI is InChI=1S/C11H15NO2/c1-9-4-5-11(14-3)10(8-9)12(2)6-7-13/h4-5,7-8H,6H2,1-3H3. The lowest BCUT2D eigenvalue weighted by atomic mass is 10.2. The van der Waals surface area contributed by atoms with Gasteiger partial charge in [0.15, 0.2) is 0 Å². The zero-order chi connectivity index (χ0) is 10.6. The van der Waals surface area contributed by atoms with Gasteiger partial charge in [0, 0.05) is 7.05 Å². The third-order valence-corrected chi connectivity index (χ3v) is 2.09. The number of methoxy groups -OCH3 is 1. The van der Waals surface area contributed by atoms with Crippen LogP contribution in [0.15, 0.2) is 18.2 Å². The van der Waals surface area contributed by atoms with Gasteiger partial charge in [-0.25, -0.2) is 0 Å². The molecule has 0 aliphatic rings. The van der Waals surface area contributed by atoms with Gasteiger partial charge in [-0.2, -0.15) is 0 Å². The van der Waals surface area contributed by atoms with E-state index in [0.29, 0.717) is 6.54 Å². The number of aldehydes is 1. The number of aryl methyl sites for hydroxylation is 1. The molecule has 0 aliphatic carbocycles. The fraction of sp³-hybridized carbons (Fsp3) is 0.364. The van der Waals surface area contributed by atoms with Crippen LogP contribution in [-0.4, -0.2) is 27.0 Å². The minimum absolute atomic E-state index is 0.375. The molecule has 0 atom stereocenters. The highest BCUT2D eigenvalue weighted by atomic mass is 16.5. The van der Waals surface area contributed by atoms with E-state index in [-0.39, 0.29) is 0 Å². The Balaban J connectivity index is 3.02. The number of nitrogens with zero attached hydrogens (tertiary/aromatic N) is 1. The highest BCUT2D eigenvalue weighted by molar-refractivity contribution is 5.66. The number of hydrogen-bond donors (Lipinski definition) is 0. The second-order valence-corrected chi connectivity index (χ2v) is 3.22. The minimum atomic E-state index is 0.375. The molecule has 0 radical (unpaired) electrons. The number of carbonyl (C=O) groups excluding carboxylic acids is 1. The van der Waals surface area contributed by atoms with Gasteiger partial charge in [-0.15, -0.1) is 0 Å². The third-order valence-electron chi connectivity index (χ3n) is 2.09. The van der Waals surface area contributed by atoms with Crippen LogP contribution in [0.25, 0.3) is 0 Å². The van der Waals surface area contributed by atoms with Crippen molar-refractivity contribution in [1.82, 2.24) is 0 Å². The summed E-state index contributed by atoms with van der Waals surface area (Å²) >= 11 is 0. The summed E-state index contributed by atoms with van der Waals surface area (Å²) in [6.07, 6.45) is 0.877.